The van der Waals surface area contributed by atoms with Crippen molar-refractivity contribution in [2.24, 2.45) is 0 Å². The van der Waals surface area contributed by atoms with Gasteiger partial charge in [0.25, 0.3) is 5.91 Å². The number of rotatable bonds is 10. The third-order valence-corrected chi connectivity index (χ3v) is 4.14. The van der Waals surface area contributed by atoms with Crippen molar-refractivity contribution in [3.8, 4) is 11.5 Å². The number of benzene rings is 2. The Kier molecular flexibility index (Phi) is 7.96. The summed E-state index contributed by atoms with van der Waals surface area (Å²) in [6, 6.07) is 12.0. The minimum Gasteiger partial charge on any atom is -0.508 e. The molecular weight excluding hydrogens is 330 g/mol. The molecule has 3 N–H and O–H groups in total. The first kappa shape index (κ1) is 19.8. The minimum atomic E-state index is -0.174. The zero-order valence-corrected chi connectivity index (χ0v) is 15.2. The van der Waals surface area contributed by atoms with Crippen LogP contribution in [0.15, 0.2) is 42.5 Å². The molecule has 2 aromatic carbocycles. The number of nitrogens with one attached hydrogen (secondary N) is 1. The Morgan fingerprint density at radius 3 is 2.58 bits per heavy atom. The molecule has 0 aliphatic heterocycles. The second-order valence-electron chi connectivity index (χ2n) is 6.21. The summed E-state index contributed by atoms with van der Waals surface area (Å²) in [5, 5.41) is 21.6. The largest absolute Gasteiger partial charge is 0.508 e. The zero-order valence-electron chi connectivity index (χ0n) is 15.2. The molecule has 0 radical (unpaired) electrons. The van der Waals surface area contributed by atoms with Crippen molar-refractivity contribution in [1.82, 2.24) is 5.32 Å². The summed E-state index contributed by atoms with van der Waals surface area (Å²) in [7, 11) is 0. The maximum absolute atomic E-state index is 12.3. The second-order valence-corrected chi connectivity index (χ2v) is 6.21. The van der Waals surface area contributed by atoms with Crippen molar-refractivity contribution in [2.45, 2.75) is 39.2 Å². The van der Waals surface area contributed by atoms with Crippen LogP contribution in [0.3, 0.4) is 0 Å². The lowest BCUT2D eigenvalue weighted by molar-refractivity contribution is 0.0953. The van der Waals surface area contributed by atoms with Crippen LogP contribution >= 0.6 is 0 Å². The SMILES string of the molecule is CCCCCOc1cc(C(=O)NCCc2ccc(O)cc2)ccc1CO. The number of aliphatic hydroxyl groups excluding tert-OH is 1. The van der Waals surface area contributed by atoms with Gasteiger partial charge in [-0.05, 0) is 42.7 Å². The fourth-order valence-corrected chi connectivity index (χ4v) is 2.58. The summed E-state index contributed by atoms with van der Waals surface area (Å²) < 4.78 is 5.74. The first-order chi connectivity index (χ1) is 12.6. The standard InChI is InChI=1S/C21H27NO4/c1-2-3-4-13-26-20-14-17(7-8-18(20)15-23)21(25)22-12-11-16-5-9-19(24)10-6-16/h5-10,14,23-24H,2-4,11-13,15H2,1H3,(H,22,25). The Hall–Kier alpha value is -2.53. The number of phenols is 1. The monoisotopic (exact) mass is 357 g/mol. The Bertz CT molecular complexity index is 698. The molecule has 0 bridgehead atoms. The van der Waals surface area contributed by atoms with Gasteiger partial charge in [0.05, 0.1) is 13.2 Å². The van der Waals surface area contributed by atoms with Crippen LogP contribution in [0, 0.1) is 0 Å². The quantitative estimate of drug-likeness (QED) is 0.569. The third-order valence-electron chi connectivity index (χ3n) is 4.14. The summed E-state index contributed by atoms with van der Waals surface area (Å²) in [5.41, 5.74) is 2.24. The van der Waals surface area contributed by atoms with Crippen LogP contribution in [0.1, 0.15) is 47.7 Å². The lowest BCUT2D eigenvalue weighted by Crippen LogP contribution is -2.25. The molecule has 0 spiro atoms. The van der Waals surface area contributed by atoms with E-state index in [2.05, 4.69) is 12.2 Å². The van der Waals surface area contributed by atoms with E-state index in [0.29, 0.717) is 36.4 Å². The molecule has 0 heterocycles. The first-order valence-electron chi connectivity index (χ1n) is 9.06. The number of aromatic hydroxyl groups is 1. The molecule has 1 amide bonds. The van der Waals surface area contributed by atoms with Crippen molar-refractivity contribution in [3.05, 3.63) is 59.2 Å². The van der Waals surface area contributed by atoms with E-state index in [1.807, 2.05) is 12.1 Å². The van der Waals surface area contributed by atoms with Crippen LogP contribution in [0.4, 0.5) is 0 Å². The number of carbonyl (C=O) groups is 1. The molecule has 0 unspecified atom stereocenters. The van der Waals surface area contributed by atoms with Gasteiger partial charge in [0.2, 0.25) is 0 Å². The number of hydrogen-bond donors (Lipinski definition) is 3. The molecular formula is C21H27NO4. The van der Waals surface area contributed by atoms with Crippen molar-refractivity contribution in [2.75, 3.05) is 13.2 Å². The average molecular weight is 357 g/mol. The average Bonchev–Trinajstić information content (AvgIpc) is 2.66. The highest BCUT2D eigenvalue weighted by Gasteiger charge is 2.10. The van der Waals surface area contributed by atoms with E-state index in [9.17, 15) is 15.0 Å². The van der Waals surface area contributed by atoms with Gasteiger partial charge in [0.15, 0.2) is 0 Å². The van der Waals surface area contributed by atoms with Gasteiger partial charge in [0.1, 0.15) is 11.5 Å². The van der Waals surface area contributed by atoms with Crippen molar-refractivity contribution in [3.63, 3.8) is 0 Å². The van der Waals surface area contributed by atoms with E-state index < -0.39 is 0 Å². The highest BCUT2D eigenvalue weighted by molar-refractivity contribution is 5.94. The van der Waals surface area contributed by atoms with Gasteiger partial charge in [-0.1, -0.05) is 38.0 Å². The van der Waals surface area contributed by atoms with Gasteiger partial charge in [-0.2, -0.15) is 0 Å². The first-order valence-corrected chi connectivity index (χ1v) is 9.06. The van der Waals surface area contributed by atoms with E-state index in [0.717, 1.165) is 24.8 Å². The molecule has 0 aliphatic carbocycles. The summed E-state index contributed by atoms with van der Waals surface area (Å²) in [6.07, 6.45) is 3.83. The molecule has 2 rings (SSSR count). The van der Waals surface area contributed by atoms with E-state index in [-0.39, 0.29) is 18.3 Å². The Morgan fingerprint density at radius 2 is 1.88 bits per heavy atom. The van der Waals surface area contributed by atoms with Gasteiger partial charge in [-0.25, -0.2) is 0 Å². The Labute approximate surface area is 154 Å². The van der Waals surface area contributed by atoms with E-state index in [1.54, 1.807) is 30.3 Å². The topological polar surface area (TPSA) is 78.8 Å². The maximum Gasteiger partial charge on any atom is 0.251 e. The highest BCUT2D eigenvalue weighted by Crippen LogP contribution is 2.21. The van der Waals surface area contributed by atoms with Crippen molar-refractivity contribution >= 4 is 5.91 Å². The van der Waals surface area contributed by atoms with Gasteiger partial charge in [0, 0.05) is 17.7 Å². The number of hydrogen-bond acceptors (Lipinski definition) is 4. The van der Waals surface area contributed by atoms with Gasteiger partial charge in [-0.15, -0.1) is 0 Å². The number of carbonyl (C=O) groups excluding carboxylic acids is 1. The minimum absolute atomic E-state index is 0.119. The lowest BCUT2D eigenvalue weighted by Gasteiger charge is -2.12. The summed E-state index contributed by atoms with van der Waals surface area (Å²) in [4.78, 5) is 12.3. The van der Waals surface area contributed by atoms with Crippen molar-refractivity contribution < 1.29 is 19.7 Å². The molecule has 2 aromatic rings. The predicted molar refractivity (Wildman–Crippen MR) is 102 cm³/mol. The zero-order chi connectivity index (χ0) is 18.8. The fourth-order valence-electron chi connectivity index (χ4n) is 2.58. The fraction of sp³-hybridized carbons (Fsp3) is 0.381. The highest BCUT2D eigenvalue weighted by atomic mass is 16.5. The second kappa shape index (κ2) is 10.5. The Balaban J connectivity index is 1.91. The van der Waals surface area contributed by atoms with E-state index in [1.165, 1.54) is 0 Å². The molecule has 0 aliphatic rings. The van der Waals surface area contributed by atoms with Crippen LogP contribution in [0.25, 0.3) is 0 Å². The number of unbranched alkanes of at least 4 members (excludes halogenated alkanes) is 2. The molecule has 0 saturated carbocycles. The molecule has 0 aromatic heterocycles. The molecule has 26 heavy (non-hydrogen) atoms. The van der Waals surface area contributed by atoms with Crippen molar-refractivity contribution in [1.29, 1.82) is 0 Å². The smallest absolute Gasteiger partial charge is 0.251 e. The normalized spacial score (nSPS) is 10.5. The number of phenolic OH excluding ortho intramolecular Hbond substituents is 1. The van der Waals surface area contributed by atoms with E-state index in [4.69, 9.17) is 4.74 Å². The summed E-state index contributed by atoms with van der Waals surface area (Å²) >= 11 is 0. The number of aliphatic hydroxyl groups is 1. The lowest BCUT2D eigenvalue weighted by atomic mass is 10.1. The maximum atomic E-state index is 12.3. The molecule has 0 saturated heterocycles. The summed E-state index contributed by atoms with van der Waals surface area (Å²) in [6.45, 7) is 3.08. The Morgan fingerprint density at radius 1 is 1.12 bits per heavy atom. The molecule has 5 heteroatoms. The van der Waals surface area contributed by atoms with Crippen LogP contribution in [-0.2, 0) is 13.0 Å². The number of ether oxygens (including phenoxy) is 1. The predicted octanol–water partition coefficient (Wildman–Crippen LogP) is 3.43. The molecule has 140 valence electrons. The molecule has 5 nitrogen and oxygen atoms in total. The van der Waals surface area contributed by atoms with Crippen LogP contribution in [-0.4, -0.2) is 29.3 Å². The van der Waals surface area contributed by atoms with Crippen LogP contribution in [0.2, 0.25) is 0 Å². The molecule has 0 atom stereocenters. The van der Waals surface area contributed by atoms with Crippen LogP contribution in [0.5, 0.6) is 11.5 Å². The van der Waals surface area contributed by atoms with E-state index >= 15 is 0 Å². The van der Waals surface area contributed by atoms with Gasteiger partial charge >= 0.3 is 0 Å². The third kappa shape index (κ3) is 6.08. The molecule has 0 fully saturated rings. The number of amides is 1. The van der Waals surface area contributed by atoms with Gasteiger partial charge in [-0.3, -0.25) is 4.79 Å². The van der Waals surface area contributed by atoms with Gasteiger partial charge < -0.3 is 20.3 Å². The summed E-state index contributed by atoms with van der Waals surface area (Å²) in [5.74, 6) is 0.620. The van der Waals surface area contributed by atoms with Crippen LogP contribution < -0.4 is 10.1 Å².